The van der Waals surface area contributed by atoms with Crippen molar-refractivity contribution >= 4 is 17.9 Å². The van der Waals surface area contributed by atoms with Gasteiger partial charge in [-0.25, -0.2) is 0 Å². The Balaban J connectivity index is 4.27. The highest BCUT2D eigenvalue weighted by Crippen LogP contribution is 2.16. The molecule has 0 saturated carbocycles. The first-order valence-corrected chi connectivity index (χ1v) is 31.3. The zero-order valence-electron chi connectivity index (χ0n) is 47.9. The molecule has 0 fully saturated rings. The van der Waals surface area contributed by atoms with Gasteiger partial charge in [-0.3, -0.25) is 14.4 Å². The lowest BCUT2D eigenvalue weighted by molar-refractivity contribution is -0.167. The molecular weight excluding hydrogens is 889 g/mol. The molecule has 0 N–H and O–H groups in total. The molecule has 0 rings (SSSR count). The summed E-state index contributed by atoms with van der Waals surface area (Å²) < 4.78 is 16.9. The van der Waals surface area contributed by atoms with Crippen LogP contribution >= 0.6 is 0 Å². The normalized spacial score (nSPS) is 12.4. The highest BCUT2D eigenvalue weighted by molar-refractivity contribution is 5.71. The average molecular weight is 1010 g/mol. The molecule has 0 spiro atoms. The van der Waals surface area contributed by atoms with Crippen LogP contribution in [0.5, 0.6) is 0 Å². The summed E-state index contributed by atoms with van der Waals surface area (Å²) in [6, 6.07) is 0. The minimum atomic E-state index is -0.786. The highest BCUT2D eigenvalue weighted by Gasteiger charge is 2.19. The van der Waals surface area contributed by atoms with Gasteiger partial charge in [0.25, 0.3) is 0 Å². The molecule has 6 nitrogen and oxygen atoms in total. The molecule has 0 bridgehead atoms. The summed E-state index contributed by atoms with van der Waals surface area (Å²) >= 11 is 0. The number of esters is 3. The fourth-order valence-corrected chi connectivity index (χ4v) is 9.04. The maximum atomic E-state index is 12.9. The zero-order valence-corrected chi connectivity index (χ0v) is 47.9. The number of carbonyl (C=O) groups is 3. The van der Waals surface area contributed by atoms with E-state index < -0.39 is 6.10 Å². The number of rotatable bonds is 57. The van der Waals surface area contributed by atoms with E-state index in [0.717, 1.165) is 103 Å². The maximum absolute atomic E-state index is 12.9. The van der Waals surface area contributed by atoms with Crippen molar-refractivity contribution in [1.82, 2.24) is 0 Å². The van der Waals surface area contributed by atoms with Crippen LogP contribution in [0.15, 0.2) is 60.8 Å². The Bertz CT molecular complexity index is 1290. The van der Waals surface area contributed by atoms with Crippen molar-refractivity contribution < 1.29 is 28.6 Å². The van der Waals surface area contributed by atoms with Crippen molar-refractivity contribution in [2.45, 2.75) is 329 Å². The van der Waals surface area contributed by atoms with Gasteiger partial charge in [-0.2, -0.15) is 0 Å². The van der Waals surface area contributed by atoms with E-state index in [9.17, 15) is 14.4 Å². The topological polar surface area (TPSA) is 78.9 Å². The summed E-state index contributed by atoms with van der Waals surface area (Å²) in [5, 5.41) is 0. The summed E-state index contributed by atoms with van der Waals surface area (Å²) in [5.41, 5.74) is 0. The van der Waals surface area contributed by atoms with Crippen LogP contribution in [0, 0.1) is 0 Å². The molecule has 72 heavy (non-hydrogen) atoms. The molecule has 0 heterocycles. The van der Waals surface area contributed by atoms with Gasteiger partial charge in [0, 0.05) is 19.3 Å². The summed E-state index contributed by atoms with van der Waals surface area (Å²) in [6.45, 7) is 6.53. The lowest BCUT2D eigenvalue weighted by Gasteiger charge is -2.18. The van der Waals surface area contributed by atoms with Crippen molar-refractivity contribution in [2.75, 3.05) is 13.2 Å². The molecule has 1 atom stereocenters. The Morgan fingerprint density at radius 2 is 0.542 bits per heavy atom. The van der Waals surface area contributed by atoms with E-state index in [1.165, 1.54) is 180 Å². The summed E-state index contributed by atoms with van der Waals surface area (Å²) in [6.07, 6.45) is 76.6. The van der Waals surface area contributed by atoms with Crippen LogP contribution in [0.4, 0.5) is 0 Å². The number of carbonyl (C=O) groups excluding carboxylic acids is 3. The predicted octanol–water partition coefficient (Wildman–Crippen LogP) is 21.2. The first-order chi connectivity index (χ1) is 35.5. The second kappa shape index (κ2) is 60.7. The van der Waals surface area contributed by atoms with Gasteiger partial charge in [0.15, 0.2) is 6.10 Å². The van der Waals surface area contributed by atoms with Gasteiger partial charge in [0.1, 0.15) is 13.2 Å². The van der Waals surface area contributed by atoms with Crippen LogP contribution < -0.4 is 0 Å². The van der Waals surface area contributed by atoms with Crippen molar-refractivity contribution in [3.8, 4) is 0 Å². The Morgan fingerprint density at radius 1 is 0.292 bits per heavy atom. The summed E-state index contributed by atoms with van der Waals surface area (Å²) in [4.78, 5) is 38.2. The minimum Gasteiger partial charge on any atom is -0.462 e. The van der Waals surface area contributed by atoms with Crippen LogP contribution in [0.3, 0.4) is 0 Å². The molecule has 0 aromatic carbocycles. The van der Waals surface area contributed by atoms with E-state index in [0.29, 0.717) is 19.3 Å². The Kier molecular flexibility index (Phi) is 58.2. The number of allylic oxidation sites excluding steroid dienone is 10. The van der Waals surface area contributed by atoms with Crippen LogP contribution in [0.1, 0.15) is 323 Å². The molecule has 0 aliphatic carbocycles. The number of hydrogen-bond donors (Lipinski definition) is 0. The molecule has 6 heteroatoms. The van der Waals surface area contributed by atoms with Gasteiger partial charge >= 0.3 is 17.9 Å². The second-order valence-electron chi connectivity index (χ2n) is 20.9. The van der Waals surface area contributed by atoms with E-state index in [1.807, 2.05) is 0 Å². The SMILES string of the molecule is CC/C=C\C/C=C\C/C=C\CCCCCCCC(=O)OC(COC(=O)CCCCCCC/C=C\CCCCCCC)COC(=O)CCCCCCCCCCCCCCC/C=C\CCCCCCCCCC. The Morgan fingerprint density at radius 3 is 0.861 bits per heavy atom. The van der Waals surface area contributed by atoms with Crippen LogP contribution in [0.25, 0.3) is 0 Å². The van der Waals surface area contributed by atoms with Gasteiger partial charge in [0.2, 0.25) is 0 Å². The first kappa shape index (κ1) is 69.1. The van der Waals surface area contributed by atoms with Crippen LogP contribution in [0.2, 0.25) is 0 Å². The zero-order chi connectivity index (χ0) is 52.2. The fourth-order valence-electron chi connectivity index (χ4n) is 9.04. The molecule has 0 aromatic heterocycles. The second-order valence-corrected chi connectivity index (χ2v) is 20.9. The van der Waals surface area contributed by atoms with Gasteiger partial charge in [-0.15, -0.1) is 0 Å². The van der Waals surface area contributed by atoms with Gasteiger partial charge in [-0.05, 0) is 103 Å². The van der Waals surface area contributed by atoms with Crippen molar-refractivity contribution in [2.24, 2.45) is 0 Å². The van der Waals surface area contributed by atoms with Gasteiger partial charge in [0.05, 0.1) is 0 Å². The van der Waals surface area contributed by atoms with E-state index in [1.54, 1.807) is 0 Å². The molecule has 418 valence electrons. The van der Waals surface area contributed by atoms with E-state index >= 15 is 0 Å². The molecule has 0 radical (unpaired) electrons. The van der Waals surface area contributed by atoms with Crippen molar-refractivity contribution in [1.29, 1.82) is 0 Å². The third-order valence-corrected chi connectivity index (χ3v) is 13.7. The summed E-state index contributed by atoms with van der Waals surface area (Å²) in [5.74, 6) is -0.894. The third kappa shape index (κ3) is 58.0. The van der Waals surface area contributed by atoms with Gasteiger partial charge < -0.3 is 14.2 Å². The van der Waals surface area contributed by atoms with Crippen LogP contribution in [-0.2, 0) is 28.6 Å². The fraction of sp³-hybridized carbons (Fsp3) is 0.803. The Hall–Kier alpha value is -2.89. The first-order valence-electron chi connectivity index (χ1n) is 31.3. The Labute approximate surface area is 447 Å². The lowest BCUT2D eigenvalue weighted by Crippen LogP contribution is -2.30. The minimum absolute atomic E-state index is 0.0822. The summed E-state index contributed by atoms with van der Waals surface area (Å²) in [7, 11) is 0. The van der Waals surface area contributed by atoms with Crippen molar-refractivity contribution in [3.05, 3.63) is 60.8 Å². The molecule has 0 amide bonds. The highest BCUT2D eigenvalue weighted by atomic mass is 16.6. The molecule has 0 aliphatic rings. The lowest BCUT2D eigenvalue weighted by atomic mass is 10.0. The molecule has 0 aliphatic heterocycles. The number of unbranched alkanes of at least 4 members (excludes halogenated alkanes) is 36. The molecular formula is C66H118O6. The van der Waals surface area contributed by atoms with E-state index in [-0.39, 0.29) is 31.1 Å². The molecule has 1 unspecified atom stereocenters. The van der Waals surface area contributed by atoms with E-state index in [2.05, 4.69) is 81.5 Å². The number of ether oxygens (including phenoxy) is 3. The average Bonchev–Trinajstić information content (AvgIpc) is 3.38. The molecule has 0 aromatic rings. The maximum Gasteiger partial charge on any atom is 0.306 e. The van der Waals surface area contributed by atoms with E-state index in [4.69, 9.17) is 14.2 Å². The van der Waals surface area contributed by atoms with Crippen LogP contribution in [-0.4, -0.2) is 37.2 Å². The predicted molar refractivity (Wildman–Crippen MR) is 312 cm³/mol. The van der Waals surface area contributed by atoms with Gasteiger partial charge in [-0.1, -0.05) is 261 Å². The smallest absolute Gasteiger partial charge is 0.306 e. The largest absolute Gasteiger partial charge is 0.462 e. The van der Waals surface area contributed by atoms with Crippen molar-refractivity contribution in [3.63, 3.8) is 0 Å². The standard InChI is InChI=1S/C66H118O6/c1-4-7-10-13-16-19-22-25-28-29-30-31-32-33-34-35-36-37-39-41-44-47-50-53-56-59-65(68)71-62-63(61-70-64(67)58-55-52-49-46-43-40-27-24-21-18-15-12-9-6-3)72-66(69)60-57-54-51-48-45-42-38-26-23-20-17-14-11-8-5-2/h8,11,17,20,24,26-27,29-30,38,63H,4-7,9-10,12-16,18-19,21-23,25,28,31-37,39-62H2,1-3H3/b11-8-,20-17-,27-24-,30-29-,38-26-. The third-order valence-electron chi connectivity index (χ3n) is 13.7. The quantitative estimate of drug-likeness (QED) is 0.0261. The number of hydrogen-bond acceptors (Lipinski definition) is 6. The monoisotopic (exact) mass is 1010 g/mol. The molecule has 0 saturated heterocycles.